The van der Waals surface area contributed by atoms with Crippen molar-refractivity contribution in [2.45, 2.75) is 51.8 Å². The number of nitrogens with zero attached hydrogens (tertiary/aromatic N) is 1. The predicted molar refractivity (Wildman–Crippen MR) is 126 cm³/mol. The number of benzene rings is 2. The monoisotopic (exact) mass is 419 g/mol. The summed E-state index contributed by atoms with van der Waals surface area (Å²) in [5.74, 6) is 0. The van der Waals surface area contributed by atoms with Crippen LogP contribution in [-0.4, -0.2) is 48.5 Å². The van der Waals surface area contributed by atoms with E-state index in [2.05, 4.69) is 60.0 Å². The van der Waals surface area contributed by atoms with Crippen LogP contribution in [0.5, 0.6) is 0 Å². The van der Waals surface area contributed by atoms with Crippen LogP contribution < -0.4 is 9.80 Å². The lowest BCUT2D eigenvalue weighted by Crippen LogP contribution is -3.28. The molecule has 164 valence electrons. The van der Waals surface area contributed by atoms with Gasteiger partial charge in [0.15, 0.2) is 0 Å². The summed E-state index contributed by atoms with van der Waals surface area (Å²) in [6, 6.07) is 17.7. The predicted octanol–water partition coefficient (Wildman–Crippen LogP) is 1.17. The number of aliphatic hydroxyl groups excluding tert-OH is 1. The Morgan fingerprint density at radius 3 is 2.48 bits per heavy atom. The van der Waals surface area contributed by atoms with E-state index in [1.807, 2.05) is 0 Å². The maximum absolute atomic E-state index is 11.0. The Morgan fingerprint density at radius 1 is 0.935 bits per heavy atom. The van der Waals surface area contributed by atoms with Crippen LogP contribution >= 0.6 is 0 Å². The molecular weight excluding hydrogens is 382 g/mol. The van der Waals surface area contributed by atoms with E-state index in [0.29, 0.717) is 0 Å². The molecule has 0 spiro atoms. The van der Waals surface area contributed by atoms with Crippen molar-refractivity contribution >= 4 is 10.9 Å². The first kappa shape index (κ1) is 20.7. The fraction of sp³-hybridized carbons (Fsp3) is 0.481. The molecular formula is C27H37N3O+2. The van der Waals surface area contributed by atoms with E-state index >= 15 is 0 Å². The van der Waals surface area contributed by atoms with Crippen molar-refractivity contribution in [1.82, 2.24) is 4.57 Å². The molecule has 1 atom stereocenters. The average Bonchev–Trinajstić information content (AvgIpc) is 3.09. The molecule has 1 aromatic heterocycles. The van der Waals surface area contributed by atoms with Gasteiger partial charge in [-0.1, -0.05) is 42.0 Å². The van der Waals surface area contributed by atoms with E-state index in [-0.39, 0.29) is 6.10 Å². The molecule has 31 heavy (non-hydrogen) atoms. The van der Waals surface area contributed by atoms with Gasteiger partial charge in [0.25, 0.3) is 0 Å². The minimum Gasteiger partial charge on any atom is -0.385 e. The molecule has 0 radical (unpaired) electrons. The molecule has 1 aliphatic heterocycles. The molecule has 4 nitrogen and oxygen atoms in total. The third-order valence-electron chi connectivity index (χ3n) is 7.41. The first-order valence-corrected chi connectivity index (χ1v) is 12.2. The van der Waals surface area contributed by atoms with Gasteiger partial charge in [-0.15, -0.1) is 0 Å². The molecule has 3 aromatic rings. The maximum atomic E-state index is 11.0. The highest BCUT2D eigenvalue weighted by molar-refractivity contribution is 5.86. The normalized spacial score (nSPS) is 22.4. The number of piperazine rings is 1. The Hall–Kier alpha value is -2.14. The Labute approximate surface area is 186 Å². The molecule has 1 unspecified atom stereocenters. The van der Waals surface area contributed by atoms with Crippen LogP contribution in [0.1, 0.15) is 35.2 Å². The number of aliphatic hydroxyl groups is 1. The summed E-state index contributed by atoms with van der Waals surface area (Å²) >= 11 is 0. The van der Waals surface area contributed by atoms with Gasteiger partial charge >= 0.3 is 0 Å². The van der Waals surface area contributed by atoms with Crippen LogP contribution in [0.2, 0.25) is 0 Å². The van der Waals surface area contributed by atoms with E-state index < -0.39 is 0 Å². The van der Waals surface area contributed by atoms with Gasteiger partial charge < -0.3 is 19.5 Å². The second-order valence-electron chi connectivity index (χ2n) is 9.78. The number of fused-ring (bicyclic) bond motifs is 3. The highest BCUT2D eigenvalue weighted by atomic mass is 16.3. The summed E-state index contributed by atoms with van der Waals surface area (Å²) in [7, 11) is 0. The van der Waals surface area contributed by atoms with Crippen molar-refractivity contribution < 1.29 is 14.9 Å². The van der Waals surface area contributed by atoms with Crippen molar-refractivity contribution in [1.29, 1.82) is 0 Å². The number of aryl methyl sites for hydroxylation is 2. The fourth-order valence-electron chi connectivity index (χ4n) is 5.79. The van der Waals surface area contributed by atoms with Crippen molar-refractivity contribution in [3.63, 3.8) is 0 Å². The smallest absolute Gasteiger partial charge is 0.127 e. The van der Waals surface area contributed by atoms with Crippen molar-refractivity contribution in [3.05, 3.63) is 70.9 Å². The highest BCUT2D eigenvalue weighted by Gasteiger charge is 2.27. The van der Waals surface area contributed by atoms with Crippen LogP contribution in [0.15, 0.2) is 48.5 Å². The van der Waals surface area contributed by atoms with Gasteiger partial charge in [-0.05, 0) is 50.3 Å². The zero-order valence-electron chi connectivity index (χ0n) is 18.9. The zero-order chi connectivity index (χ0) is 21.2. The molecule has 1 aliphatic carbocycles. The van der Waals surface area contributed by atoms with Crippen molar-refractivity contribution in [2.24, 2.45) is 0 Å². The van der Waals surface area contributed by atoms with Gasteiger partial charge in [-0.25, -0.2) is 0 Å². The van der Waals surface area contributed by atoms with E-state index in [9.17, 15) is 5.11 Å². The van der Waals surface area contributed by atoms with Crippen LogP contribution in [0.25, 0.3) is 10.9 Å². The fourth-order valence-corrected chi connectivity index (χ4v) is 5.79. The van der Waals surface area contributed by atoms with Gasteiger partial charge in [0.1, 0.15) is 45.4 Å². The summed E-state index contributed by atoms with van der Waals surface area (Å²) in [5.41, 5.74) is 7.11. The molecule has 5 rings (SSSR count). The quantitative estimate of drug-likeness (QED) is 0.551. The van der Waals surface area contributed by atoms with Crippen LogP contribution in [0.4, 0.5) is 0 Å². The lowest BCUT2D eigenvalue weighted by atomic mass is 9.95. The largest absolute Gasteiger partial charge is 0.385 e. The zero-order valence-corrected chi connectivity index (χ0v) is 18.9. The van der Waals surface area contributed by atoms with Crippen LogP contribution in [0, 0.1) is 6.92 Å². The number of hydrogen-bond acceptors (Lipinski definition) is 1. The van der Waals surface area contributed by atoms with E-state index in [1.54, 1.807) is 15.4 Å². The topological polar surface area (TPSA) is 34.0 Å². The van der Waals surface area contributed by atoms with Crippen molar-refractivity contribution in [3.8, 4) is 0 Å². The number of quaternary nitrogens is 2. The third kappa shape index (κ3) is 4.57. The first-order chi connectivity index (χ1) is 15.2. The first-order valence-electron chi connectivity index (χ1n) is 12.2. The maximum Gasteiger partial charge on any atom is 0.127 e. The lowest BCUT2D eigenvalue weighted by molar-refractivity contribution is -1.02. The Morgan fingerprint density at radius 2 is 1.68 bits per heavy atom. The minimum absolute atomic E-state index is 0.284. The van der Waals surface area contributed by atoms with Gasteiger partial charge in [0.2, 0.25) is 0 Å². The minimum atomic E-state index is -0.284. The standard InChI is InChI=1S/C27H35N3O/c1-21-11-12-27-25(17-21)24-9-5-6-10-26(24)30(27)20-23(31)19-29-15-13-28(14-16-29)18-22-7-3-2-4-8-22/h2-4,7-8,11-12,17,23,31H,5-6,9-10,13-16,18-20H2,1H3/p+2. The van der Waals surface area contributed by atoms with Gasteiger partial charge in [-0.2, -0.15) is 0 Å². The summed E-state index contributed by atoms with van der Waals surface area (Å²) < 4.78 is 2.45. The second kappa shape index (κ2) is 9.15. The molecule has 1 fully saturated rings. The second-order valence-corrected chi connectivity index (χ2v) is 9.78. The molecule has 1 saturated heterocycles. The van der Waals surface area contributed by atoms with E-state index in [1.165, 1.54) is 60.1 Å². The summed E-state index contributed by atoms with van der Waals surface area (Å²) in [6.07, 6.45) is 4.63. The van der Waals surface area contributed by atoms with Gasteiger partial charge in [0.05, 0.1) is 6.54 Å². The van der Waals surface area contributed by atoms with Crippen LogP contribution in [0.3, 0.4) is 0 Å². The highest BCUT2D eigenvalue weighted by Crippen LogP contribution is 2.33. The number of aromatic nitrogens is 1. The van der Waals surface area contributed by atoms with Gasteiger partial charge in [0, 0.05) is 22.2 Å². The van der Waals surface area contributed by atoms with E-state index in [4.69, 9.17) is 0 Å². The molecule has 0 saturated carbocycles. The molecule has 4 heteroatoms. The molecule has 0 bridgehead atoms. The van der Waals surface area contributed by atoms with Crippen molar-refractivity contribution in [2.75, 3.05) is 32.7 Å². The number of nitrogens with one attached hydrogen (secondary N) is 2. The lowest BCUT2D eigenvalue weighted by Gasteiger charge is -2.31. The Balaban J connectivity index is 1.22. The SMILES string of the molecule is Cc1ccc2c(c1)c1c(n2CC(O)C[NH+]2CC[NH+](Cc3ccccc3)CC2)CCCC1. The third-order valence-corrected chi connectivity index (χ3v) is 7.41. The Bertz CT molecular complexity index is 1020. The average molecular weight is 420 g/mol. The summed E-state index contributed by atoms with van der Waals surface area (Å²) in [4.78, 5) is 3.23. The summed E-state index contributed by atoms with van der Waals surface area (Å²) in [6.45, 7) is 9.60. The molecule has 3 N–H and O–H groups in total. The molecule has 2 aliphatic rings. The number of hydrogen-bond donors (Lipinski definition) is 3. The van der Waals surface area contributed by atoms with Gasteiger partial charge in [-0.3, -0.25) is 0 Å². The molecule has 2 heterocycles. The molecule has 2 aromatic carbocycles. The molecule has 0 amide bonds. The summed E-state index contributed by atoms with van der Waals surface area (Å²) in [5, 5.41) is 12.5. The number of rotatable bonds is 6. The van der Waals surface area contributed by atoms with Crippen LogP contribution in [-0.2, 0) is 25.9 Å². The Kier molecular flexibility index (Phi) is 6.13. The van der Waals surface area contributed by atoms with E-state index in [0.717, 1.165) is 39.1 Å².